The number of aromatic nitrogens is 2. The van der Waals surface area contributed by atoms with Crippen molar-refractivity contribution in [2.75, 3.05) is 36.9 Å². The molecule has 0 saturated carbocycles. The lowest BCUT2D eigenvalue weighted by molar-refractivity contribution is 0.594. The van der Waals surface area contributed by atoms with Gasteiger partial charge in [0.05, 0.1) is 0 Å². The van der Waals surface area contributed by atoms with E-state index < -0.39 is 0 Å². The number of rotatable bonds is 6. The molecule has 1 saturated heterocycles. The van der Waals surface area contributed by atoms with Crippen LogP contribution in [0.5, 0.6) is 0 Å². The maximum Gasteiger partial charge on any atom is 0.134 e. The van der Waals surface area contributed by atoms with Crippen LogP contribution in [0, 0.1) is 0 Å². The molecule has 0 bridgehead atoms. The highest BCUT2D eigenvalue weighted by Crippen LogP contribution is 2.24. The first-order valence-electron chi connectivity index (χ1n) is 7.31. The molecule has 0 aliphatic carbocycles. The summed E-state index contributed by atoms with van der Waals surface area (Å²) >= 11 is 0. The number of allylic oxidation sites excluding steroid dienone is 1. The van der Waals surface area contributed by atoms with E-state index in [1.54, 1.807) is 6.33 Å². The first-order chi connectivity index (χ1) is 9.70. The van der Waals surface area contributed by atoms with Crippen molar-refractivity contribution < 1.29 is 0 Å². The predicted molar refractivity (Wildman–Crippen MR) is 84.2 cm³/mol. The van der Waals surface area contributed by atoms with Crippen molar-refractivity contribution in [2.24, 2.45) is 0 Å². The molecule has 1 fully saturated rings. The van der Waals surface area contributed by atoms with Crippen LogP contribution in [-0.2, 0) is 0 Å². The average molecular weight is 275 g/mol. The average Bonchev–Trinajstić information content (AvgIpc) is 2.92. The van der Waals surface area contributed by atoms with E-state index in [0.29, 0.717) is 6.04 Å². The molecular weight excluding hydrogens is 250 g/mol. The van der Waals surface area contributed by atoms with Crippen molar-refractivity contribution in [3.8, 4) is 0 Å². The molecule has 110 valence electrons. The van der Waals surface area contributed by atoms with E-state index in [4.69, 9.17) is 0 Å². The largest absolute Gasteiger partial charge is 0.373 e. The highest BCUT2D eigenvalue weighted by molar-refractivity contribution is 5.49. The smallest absolute Gasteiger partial charge is 0.134 e. The third-order valence-electron chi connectivity index (χ3n) is 3.61. The van der Waals surface area contributed by atoms with E-state index in [-0.39, 0.29) is 0 Å². The van der Waals surface area contributed by atoms with Gasteiger partial charge in [0.25, 0.3) is 0 Å². The molecule has 1 unspecified atom stereocenters. The Kier molecular flexibility index (Phi) is 5.35. The van der Waals surface area contributed by atoms with Crippen LogP contribution < -0.4 is 15.5 Å². The van der Waals surface area contributed by atoms with Gasteiger partial charge in [-0.15, -0.1) is 0 Å². The molecule has 2 N–H and O–H groups in total. The summed E-state index contributed by atoms with van der Waals surface area (Å²) in [6.45, 7) is 7.28. The van der Waals surface area contributed by atoms with Crippen LogP contribution >= 0.6 is 0 Å². The van der Waals surface area contributed by atoms with E-state index in [9.17, 15) is 0 Å². The first-order valence-corrected chi connectivity index (χ1v) is 7.31. The van der Waals surface area contributed by atoms with Gasteiger partial charge in [-0.2, -0.15) is 0 Å². The molecule has 1 atom stereocenters. The normalized spacial score (nSPS) is 18.1. The van der Waals surface area contributed by atoms with E-state index in [1.807, 2.05) is 13.1 Å². The Bertz CT molecular complexity index is 453. The zero-order chi connectivity index (χ0) is 14.4. The fourth-order valence-electron chi connectivity index (χ4n) is 2.52. The SMILES string of the molecule is CNc1cc(N2CCCC2CNCC=C(C)C)ncn1. The van der Waals surface area contributed by atoms with Crippen LogP contribution in [0.4, 0.5) is 11.6 Å². The summed E-state index contributed by atoms with van der Waals surface area (Å²) in [5, 5.41) is 6.58. The molecule has 0 amide bonds. The second-order valence-electron chi connectivity index (χ2n) is 5.44. The topological polar surface area (TPSA) is 53.1 Å². The molecule has 0 aromatic carbocycles. The molecule has 1 aromatic heterocycles. The van der Waals surface area contributed by atoms with Crippen molar-refractivity contribution in [3.05, 3.63) is 24.0 Å². The van der Waals surface area contributed by atoms with E-state index in [2.05, 4.69) is 45.4 Å². The Morgan fingerprint density at radius 2 is 2.30 bits per heavy atom. The Hall–Kier alpha value is -1.62. The highest BCUT2D eigenvalue weighted by atomic mass is 15.2. The predicted octanol–water partition coefficient (Wildman–Crippen LogP) is 2.04. The molecule has 5 nitrogen and oxygen atoms in total. The minimum atomic E-state index is 0.528. The summed E-state index contributed by atoms with van der Waals surface area (Å²) in [5.41, 5.74) is 1.36. The van der Waals surface area contributed by atoms with E-state index in [1.165, 1.54) is 18.4 Å². The fourth-order valence-corrected chi connectivity index (χ4v) is 2.52. The van der Waals surface area contributed by atoms with Gasteiger partial charge >= 0.3 is 0 Å². The molecule has 0 radical (unpaired) electrons. The van der Waals surface area contributed by atoms with Crippen molar-refractivity contribution in [1.82, 2.24) is 15.3 Å². The van der Waals surface area contributed by atoms with Gasteiger partial charge in [0.1, 0.15) is 18.0 Å². The molecule has 1 aromatic rings. The van der Waals surface area contributed by atoms with Gasteiger partial charge in [-0.05, 0) is 26.7 Å². The van der Waals surface area contributed by atoms with Gasteiger partial charge in [-0.1, -0.05) is 11.6 Å². The van der Waals surface area contributed by atoms with Crippen LogP contribution in [0.25, 0.3) is 0 Å². The third kappa shape index (κ3) is 3.93. The summed E-state index contributed by atoms with van der Waals surface area (Å²) in [7, 11) is 1.88. The number of hydrogen-bond donors (Lipinski definition) is 2. The maximum atomic E-state index is 4.41. The van der Waals surface area contributed by atoms with Crippen LogP contribution in [-0.4, -0.2) is 42.7 Å². The number of hydrogen-bond acceptors (Lipinski definition) is 5. The van der Waals surface area contributed by atoms with Gasteiger partial charge < -0.3 is 15.5 Å². The standard InChI is InChI=1S/C15H25N5/c1-12(2)6-7-17-10-13-5-4-8-20(13)15-9-14(16-3)18-11-19-15/h6,9,11,13,17H,4-5,7-8,10H2,1-3H3,(H,16,18,19). The van der Waals surface area contributed by atoms with Gasteiger partial charge in [-0.3, -0.25) is 0 Å². The molecule has 20 heavy (non-hydrogen) atoms. The highest BCUT2D eigenvalue weighted by Gasteiger charge is 2.25. The Morgan fingerprint density at radius 1 is 1.45 bits per heavy atom. The number of anilines is 2. The zero-order valence-corrected chi connectivity index (χ0v) is 12.7. The Balaban J connectivity index is 1.94. The van der Waals surface area contributed by atoms with Crippen LogP contribution in [0.3, 0.4) is 0 Å². The third-order valence-corrected chi connectivity index (χ3v) is 3.61. The lowest BCUT2D eigenvalue weighted by atomic mass is 10.2. The number of nitrogens with zero attached hydrogens (tertiary/aromatic N) is 3. The van der Waals surface area contributed by atoms with E-state index in [0.717, 1.165) is 31.3 Å². The van der Waals surface area contributed by atoms with Gasteiger partial charge in [0.2, 0.25) is 0 Å². The second kappa shape index (κ2) is 7.24. The maximum absolute atomic E-state index is 4.41. The molecule has 0 spiro atoms. The summed E-state index contributed by atoms with van der Waals surface area (Å²) in [5.74, 6) is 1.90. The molecule has 1 aliphatic heterocycles. The van der Waals surface area contributed by atoms with Crippen LogP contribution in [0.2, 0.25) is 0 Å². The second-order valence-corrected chi connectivity index (χ2v) is 5.44. The van der Waals surface area contributed by atoms with Gasteiger partial charge in [0.15, 0.2) is 0 Å². The zero-order valence-electron chi connectivity index (χ0n) is 12.7. The minimum absolute atomic E-state index is 0.528. The first kappa shape index (κ1) is 14.8. The quantitative estimate of drug-likeness (QED) is 0.614. The fraction of sp³-hybridized carbons (Fsp3) is 0.600. The minimum Gasteiger partial charge on any atom is -0.373 e. The van der Waals surface area contributed by atoms with Gasteiger partial charge in [0, 0.05) is 38.8 Å². The van der Waals surface area contributed by atoms with Crippen molar-refractivity contribution in [1.29, 1.82) is 0 Å². The van der Waals surface area contributed by atoms with E-state index >= 15 is 0 Å². The molecular formula is C15H25N5. The summed E-state index contributed by atoms with van der Waals surface area (Å²) < 4.78 is 0. The lowest BCUT2D eigenvalue weighted by Crippen LogP contribution is -2.38. The molecule has 2 rings (SSSR count). The van der Waals surface area contributed by atoms with Crippen molar-refractivity contribution >= 4 is 11.6 Å². The van der Waals surface area contributed by atoms with Crippen molar-refractivity contribution in [2.45, 2.75) is 32.7 Å². The van der Waals surface area contributed by atoms with Crippen LogP contribution in [0.1, 0.15) is 26.7 Å². The molecule has 1 aliphatic rings. The Morgan fingerprint density at radius 3 is 3.05 bits per heavy atom. The summed E-state index contributed by atoms with van der Waals surface area (Å²) in [6, 6.07) is 2.55. The lowest BCUT2D eigenvalue weighted by Gasteiger charge is -2.26. The van der Waals surface area contributed by atoms with Crippen LogP contribution in [0.15, 0.2) is 24.0 Å². The van der Waals surface area contributed by atoms with Gasteiger partial charge in [-0.25, -0.2) is 9.97 Å². The monoisotopic (exact) mass is 275 g/mol. The summed E-state index contributed by atoms with van der Waals surface area (Å²) in [6.07, 6.45) is 6.31. The summed E-state index contributed by atoms with van der Waals surface area (Å²) in [4.78, 5) is 11.0. The number of nitrogens with one attached hydrogen (secondary N) is 2. The van der Waals surface area contributed by atoms with Crippen molar-refractivity contribution in [3.63, 3.8) is 0 Å². The Labute approximate surface area is 121 Å². The molecule has 2 heterocycles. The molecule has 5 heteroatoms.